The molecule has 21 heavy (non-hydrogen) atoms. The van der Waals surface area contributed by atoms with E-state index >= 15 is 0 Å². The summed E-state index contributed by atoms with van der Waals surface area (Å²) in [7, 11) is 0. The third-order valence-corrected chi connectivity index (χ3v) is 3.90. The Bertz CT molecular complexity index is 796. The van der Waals surface area contributed by atoms with Gasteiger partial charge in [-0.3, -0.25) is 0 Å². The molecule has 0 unspecified atom stereocenters. The molecule has 2 nitrogen and oxygen atoms in total. The number of hydrogen-bond donors (Lipinski definition) is 1. The molecule has 1 N–H and O–H groups in total. The van der Waals surface area contributed by atoms with Crippen molar-refractivity contribution in [3.8, 4) is 0 Å². The lowest BCUT2D eigenvalue weighted by Crippen LogP contribution is -2.00. The summed E-state index contributed by atoms with van der Waals surface area (Å²) in [6, 6.07) is 10.4. The van der Waals surface area contributed by atoms with Crippen LogP contribution in [-0.4, -0.2) is 9.67 Å². The highest BCUT2D eigenvalue weighted by Gasteiger charge is 2.15. The fourth-order valence-corrected chi connectivity index (χ4v) is 2.75. The Morgan fingerprint density at radius 1 is 1.00 bits per heavy atom. The van der Waals surface area contributed by atoms with Crippen LogP contribution in [0.25, 0.3) is 10.9 Å². The summed E-state index contributed by atoms with van der Waals surface area (Å²) in [5.41, 5.74) is 2.09. The summed E-state index contributed by atoms with van der Waals surface area (Å²) in [4.78, 5) is 0. The van der Waals surface area contributed by atoms with Gasteiger partial charge in [-0.1, -0.05) is 23.7 Å². The van der Waals surface area contributed by atoms with Gasteiger partial charge in [0.2, 0.25) is 0 Å². The number of halogens is 3. The number of fused-ring (bicyclic) bond motifs is 1. The van der Waals surface area contributed by atoms with E-state index < -0.39 is 0 Å². The summed E-state index contributed by atoms with van der Waals surface area (Å²) in [6.07, 6.45) is 0. The van der Waals surface area contributed by atoms with Gasteiger partial charge < -0.3 is 9.67 Å². The molecule has 108 valence electrons. The van der Waals surface area contributed by atoms with Gasteiger partial charge in [0.05, 0.1) is 12.1 Å². The van der Waals surface area contributed by atoms with Gasteiger partial charge in [-0.15, -0.1) is 0 Å². The maximum atomic E-state index is 13.4. The second kappa shape index (κ2) is 5.47. The topological polar surface area (TPSA) is 25.2 Å². The molecule has 0 aliphatic heterocycles. The van der Waals surface area contributed by atoms with Gasteiger partial charge in [0, 0.05) is 17.5 Å². The third-order valence-electron chi connectivity index (χ3n) is 3.47. The van der Waals surface area contributed by atoms with Crippen LogP contribution >= 0.6 is 11.6 Å². The molecule has 0 atom stereocenters. The highest BCUT2D eigenvalue weighted by atomic mass is 35.5. The first-order chi connectivity index (χ1) is 10.1. The number of aromatic nitrogens is 1. The lowest BCUT2D eigenvalue weighted by atomic mass is 10.2. The van der Waals surface area contributed by atoms with Gasteiger partial charge >= 0.3 is 0 Å². The molecule has 0 spiro atoms. The van der Waals surface area contributed by atoms with Gasteiger partial charge in [-0.25, -0.2) is 8.78 Å². The molecule has 3 aromatic rings. The minimum absolute atomic E-state index is 0.269. The van der Waals surface area contributed by atoms with Gasteiger partial charge in [0.25, 0.3) is 0 Å². The van der Waals surface area contributed by atoms with Crippen molar-refractivity contribution in [2.75, 3.05) is 0 Å². The number of rotatable bonds is 3. The average Bonchev–Trinajstić information content (AvgIpc) is 2.73. The Kier molecular flexibility index (Phi) is 3.66. The SMILES string of the molecule is OCc1c(Cl)n(Cc2ccc(F)cc2)c2ccc(F)cc12. The van der Waals surface area contributed by atoms with E-state index in [-0.39, 0.29) is 18.2 Å². The third kappa shape index (κ3) is 2.52. The molecule has 3 rings (SSSR count). The Morgan fingerprint density at radius 2 is 1.67 bits per heavy atom. The number of aliphatic hydroxyl groups is 1. The van der Waals surface area contributed by atoms with Crippen LogP contribution in [0.4, 0.5) is 8.78 Å². The first-order valence-electron chi connectivity index (χ1n) is 6.41. The van der Waals surface area contributed by atoms with E-state index in [1.54, 1.807) is 22.8 Å². The summed E-state index contributed by atoms with van der Waals surface area (Å²) < 4.78 is 28.1. The molecule has 0 radical (unpaired) electrons. The first kappa shape index (κ1) is 14.0. The van der Waals surface area contributed by atoms with Crippen LogP contribution in [0.5, 0.6) is 0 Å². The van der Waals surface area contributed by atoms with Crippen LogP contribution in [0.2, 0.25) is 5.15 Å². The van der Waals surface area contributed by atoms with Gasteiger partial charge in [-0.2, -0.15) is 0 Å². The molecule has 1 aromatic heterocycles. The second-order valence-corrected chi connectivity index (χ2v) is 5.16. The lowest BCUT2D eigenvalue weighted by molar-refractivity contribution is 0.283. The van der Waals surface area contributed by atoms with Crippen molar-refractivity contribution >= 4 is 22.5 Å². The molecule has 0 bridgehead atoms. The van der Waals surface area contributed by atoms with E-state index in [0.29, 0.717) is 22.6 Å². The predicted octanol–water partition coefficient (Wildman–Crippen LogP) is 4.11. The van der Waals surface area contributed by atoms with Crippen molar-refractivity contribution in [3.63, 3.8) is 0 Å². The van der Waals surface area contributed by atoms with E-state index in [2.05, 4.69) is 0 Å². The number of benzene rings is 2. The molecular weight excluding hydrogens is 296 g/mol. The Hall–Kier alpha value is -1.91. The van der Waals surface area contributed by atoms with Crippen molar-refractivity contribution < 1.29 is 13.9 Å². The maximum absolute atomic E-state index is 13.4. The zero-order chi connectivity index (χ0) is 15.0. The van der Waals surface area contributed by atoms with E-state index in [9.17, 15) is 13.9 Å². The van der Waals surface area contributed by atoms with Gasteiger partial charge in [0.1, 0.15) is 16.8 Å². The Labute approximate surface area is 125 Å². The smallest absolute Gasteiger partial charge is 0.123 e. The summed E-state index contributed by atoms with van der Waals surface area (Å²) in [5, 5.41) is 10.4. The molecule has 0 aliphatic rings. The molecule has 5 heteroatoms. The molecule has 0 amide bonds. The quantitative estimate of drug-likeness (QED) is 0.774. The average molecular weight is 308 g/mol. The number of aliphatic hydroxyl groups excluding tert-OH is 1. The molecule has 0 aliphatic carbocycles. The standard InChI is InChI=1S/C16H12ClF2NO/c17-16-14(9-21)13-7-12(19)5-6-15(13)20(16)8-10-1-3-11(18)4-2-10/h1-7,21H,8-9H2. The van der Waals surface area contributed by atoms with E-state index in [4.69, 9.17) is 11.6 Å². The van der Waals surface area contributed by atoms with Crippen LogP contribution in [0.1, 0.15) is 11.1 Å². The normalized spacial score (nSPS) is 11.2. The molecule has 2 aromatic carbocycles. The first-order valence-corrected chi connectivity index (χ1v) is 6.79. The van der Waals surface area contributed by atoms with Crippen molar-refractivity contribution in [3.05, 3.63) is 70.4 Å². The molecule has 0 saturated heterocycles. The fraction of sp³-hybridized carbons (Fsp3) is 0.125. The summed E-state index contributed by atoms with van der Waals surface area (Å²) in [5.74, 6) is -0.687. The van der Waals surface area contributed by atoms with Crippen LogP contribution in [-0.2, 0) is 13.2 Å². The Balaban J connectivity index is 2.13. The fourth-order valence-electron chi connectivity index (χ4n) is 2.44. The van der Waals surface area contributed by atoms with Crippen LogP contribution in [0, 0.1) is 11.6 Å². The zero-order valence-corrected chi connectivity index (χ0v) is 11.7. The van der Waals surface area contributed by atoms with E-state index in [0.717, 1.165) is 11.1 Å². The zero-order valence-electron chi connectivity index (χ0n) is 11.0. The van der Waals surface area contributed by atoms with Gasteiger partial charge in [-0.05, 0) is 35.9 Å². The molecule has 1 heterocycles. The van der Waals surface area contributed by atoms with Crippen molar-refractivity contribution in [1.29, 1.82) is 0 Å². The summed E-state index contributed by atoms with van der Waals surface area (Å²) >= 11 is 6.29. The molecule has 0 fully saturated rings. The van der Waals surface area contributed by atoms with Crippen molar-refractivity contribution in [2.24, 2.45) is 0 Å². The molecule has 0 saturated carbocycles. The Morgan fingerprint density at radius 3 is 2.33 bits per heavy atom. The minimum atomic E-state index is -0.382. The van der Waals surface area contributed by atoms with Crippen LogP contribution in [0.15, 0.2) is 42.5 Å². The highest BCUT2D eigenvalue weighted by molar-refractivity contribution is 6.32. The molecular formula is C16H12ClF2NO. The predicted molar refractivity (Wildman–Crippen MR) is 78.3 cm³/mol. The number of nitrogens with zero attached hydrogens (tertiary/aromatic N) is 1. The second-order valence-electron chi connectivity index (χ2n) is 4.80. The summed E-state index contributed by atoms with van der Waals surface area (Å²) in [6.45, 7) is 0.149. The van der Waals surface area contributed by atoms with Crippen LogP contribution < -0.4 is 0 Å². The van der Waals surface area contributed by atoms with E-state index in [1.807, 2.05) is 0 Å². The van der Waals surface area contributed by atoms with Crippen LogP contribution in [0.3, 0.4) is 0 Å². The maximum Gasteiger partial charge on any atom is 0.123 e. The van der Waals surface area contributed by atoms with E-state index in [1.165, 1.54) is 24.3 Å². The van der Waals surface area contributed by atoms with Gasteiger partial charge in [0.15, 0.2) is 0 Å². The monoisotopic (exact) mass is 307 g/mol. The largest absolute Gasteiger partial charge is 0.392 e. The minimum Gasteiger partial charge on any atom is -0.392 e. The van der Waals surface area contributed by atoms with Crippen molar-refractivity contribution in [1.82, 2.24) is 4.57 Å². The highest BCUT2D eigenvalue weighted by Crippen LogP contribution is 2.31. The number of hydrogen-bond acceptors (Lipinski definition) is 1. The lowest BCUT2D eigenvalue weighted by Gasteiger charge is -2.07. The van der Waals surface area contributed by atoms with Crippen molar-refractivity contribution in [2.45, 2.75) is 13.2 Å².